The van der Waals surface area contributed by atoms with Gasteiger partial charge in [0.15, 0.2) is 0 Å². The van der Waals surface area contributed by atoms with E-state index >= 15 is 0 Å². The molecule has 1 aromatic carbocycles. The zero-order chi connectivity index (χ0) is 9.19. The van der Waals surface area contributed by atoms with Gasteiger partial charge in [0.2, 0.25) is 0 Å². The minimum atomic E-state index is -4.33. The average molecular weight is 210 g/mol. The first-order valence-electron chi connectivity index (χ1n) is 3.14. The van der Waals surface area contributed by atoms with E-state index < -0.39 is 10.1 Å². The molecule has 1 rings (SSSR count). The summed E-state index contributed by atoms with van der Waals surface area (Å²) in [6.07, 6.45) is 0. The molecule has 0 radical (unpaired) electrons. The molecule has 0 aromatic heterocycles. The third kappa shape index (κ3) is 3.66. The van der Waals surface area contributed by atoms with Crippen LogP contribution >= 0.6 is 0 Å². The van der Waals surface area contributed by atoms with Crippen molar-refractivity contribution in [3.8, 4) is 5.75 Å². The normalized spacial score (nSPS) is 10.3. The molecule has 13 heavy (non-hydrogen) atoms. The van der Waals surface area contributed by atoms with E-state index in [0.29, 0.717) is 5.75 Å². The third-order valence-corrected chi connectivity index (χ3v) is 2.20. The fourth-order valence-electron chi connectivity index (χ4n) is 0.742. The van der Waals surface area contributed by atoms with Gasteiger partial charge in [-0.2, -0.15) is 0 Å². The zero-order valence-corrected chi connectivity index (χ0v) is 10.2. The van der Waals surface area contributed by atoms with Gasteiger partial charge < -0.3 is 9.29 Å². The Morgan fingerprint density at radius 2 is 1.69 bits per heavy atom. The molecule has 0 aliphatic rings. The first-order valence-corrected chi connectivity index (χ1v) is 4.55. The molecule has 0 unspecified atom stereocenters. The number of methoxy groups -OCH3 is 1. The molecule has 1 aromatic rings. The molecule has 0 heterocycles. The van der Waals surface area contributed by atoms with Gasteiger partial charge in [-0.15, -0.1) is 0 Å². The minimum absolute atomic E-state index is 0. The molecule has 0 saturated heterocycles. The molecule has 0 spiro atoms. The van der Waals surface area contributed by atoms with Crippen LogP contribution in [0.5, 0.6) is 5.75 Å². The van der Waals surface area contributed by atoms with E-state index in [2.05, 4.69) is 0 Å². The fourth-order valence-corrected chi connectivity index (χ4v) is 1.21. The van der Waals surface area contributed by atoms with Gasteiger partial charge in [-0.3, -0.25) is 0 Å². The summed E-state index contributed by atoms with van der Waals surface area (Å²) in [5.41, 5.74) is 0. The Labute approximate surface area is 99.0 Å². The van der Waals surface area contributed by atoms with Crippen molar-refractivity contribution in [3.63, 3.8) is 0 Å². The second-order valence-electron chi connectivity index (χ2n) is 2.13. The van der Waals surface area contributed by atoms with E-state index in [1.165, 1.54) is 31.4 Å². The van der Waals surface area contributed by atoms with Gasteiger partial charge in [0.1, 0.15) is 15.9 Å². The van der Waals surface area contributed by atoms with Crippen LogP contribution in [0.1, 0.15) is 0 Å². The van der Waals surface area contributed by atoms with Gasteiger partial charge >= 0.3 is 29.6 Å². The molecule has 6 heteroatoms. The summed E-state index contributed by atoms with van der Waals surface area (Å²) in [6, 6.07) is 5.26. The second kappa shape index (κ2) is 4.97. The van der Waals surface area contributed by atoms with Crippen LogP contribution in [-0.2, 0) is 10.1 Å². The Balaban J connectivity index is 0.00000144. The van der Waals surface area contributed by atoms with E-state index in [1.807, 2.05) is 0 Å². The number of rotatable bonds is 2. The minimum Gasteiger partial charge on any atom is -0.744 e. The van der Waals surface area contributed by atoms with Crippen LogP contribution in [0, 0.1) is 0 Å². The number of hydrogen-bond donors (Lipinski definition) is 0. The van der Waals surface area contributed by atoms with Gasteiger partial charge in [-0.1, -0.05) is 0 Å². The predicted octanol–water partition coefficient (Wildman–Crippen LogP) is -2.40. The van der Waals surface area contributed by atoms with Crippen LogP contribution in [0.15, 0.2) is 29.2 Å². The van der Waals surface area contributed by atoms with Crippen LogP contribution in [0.25, 0.3) is 0 Å². The molecule has 0 atom stereocenters. The topological polar surface area (TPSA) is 66.4 Å². The van der Waals surface area contributed by atoms with Crippen molar-refractivity contribution in [2.24, 2.45) is 0 Å². The van der Waals surface area contributed by atoms with Crippen molar-refractivity contribution in [2.45, 2.75) is 4.90 Å². The van der Waals surface area contributed by atoms with Crippen LogP contribution < -0.4 is 34.3 Å². The Hall–Kier alpha value is -0.0700. The van der Waals surface area contributed by atoms with Gasteiger partial charge in [0.05, 0.1) is 12.0 Å². The Bertz CT molecular complexity index is 357. The van der Waals surface area contributed by atoms with Crippen molar-refractivity contribution < 1.29 is 47.3 Å². The summed E-state index contributed by atoms with van der Waals surface area (Å²) in [5, 5.41) is 0. The largest absolute Gasteiger partial charge is 1.00 e. The zero-order valence-electron chi connectivity index (χ0n) is 7.35. The van der Waals surface area contributed by atoms with Crippen LogP contribution in [0.4, 0.5) is 0 Å². The number of ether oxygens (including phenoxy) is 1. The quantitative estimate of drug-likeness (QED) is 0.403. The molecular weight excluding hydrogens is 203 g/mol. The van der Waals surface area contributed by atoms with Crippen LogP contribution in [0.3, 0.4) is 0 Å². The van der Waals surface area contributed by atoms with E-state index in [4.69, 9.17) is 4.74 Å². The summed E-state index contributed by atoms with van der Waals surface area (Å²) in [4.78, 5) is -0.247. The van der Waals surface area contributed by atoms with Crippen molar-refractivity contribution in [3.05, 3.63) is 24.3 Å². The molecule has 0 aliphatic heterocycles. The van der Waals surface area contributed by atoms with E-state index in [0.717, 1.165) is 0 Å². The van der Waals surface area contributed by atoms with Crippen molar-refractivity contribution in [1.29, 1.82) is 0 Å². The summed E-state index contributed by atoms with van der Waals surface area (Å²) in [6.45, 7) is 0. The molecule has 4 nitrogen and oxygen atoms in total. The Morgan fingerprint density at radius 1 is 1.23 bits per heavy atom. The number of hydrogen-bond acceptors (Lipinski definition) is 4. The predicted molar refractivity (Wildman–Crippen MR) is 41.0 cm³/mol. The summed E-state index contributed by atoms with van der Waals surface area (Å²) in [5.74, 6) is 0.516. The standard InChI is InChI=1S/C7H8O4S.Na/c1-11-6-2-4-7(5-3-6)12(8,9)10;/h2-5H,1H3,(H,8,9,10);/q;+1/p-1. The van der Waals surface area contributed by atoms with Gasteiger partial charge in [0, 0.05) is 0 Å². The Morgan fingerprint density at radius 3 is 2.00 bits per heavy atom. The maximum Gasteiger partial charge on any atom is 1.00 e. The molecule has 0 fully saturated rings. The molecule has 0 saturated carbocycles. The second-order valence-corrected chi connectivity index (χ2v) is 3.51. The first-order chi connectivity index (χ1) is 5.54. The fraction of sp³-hybridized carbons (Fsp3) is 0.143. The van der Waals surface area contributed by atoms with Gasteiger partial charge in [0.25, 0.3) is 0 Å². The monoisotopic (exact) mass is 210 g/mol. The molecule has 66 valence electrons. The summed E-state index contributed by atoms with van der Waals surface area (Å²) < 4.78 is 36.1. The van der Waals surface area contributed by atoms with E-state index in [1.54, 1.807) is 0 Å². The first kappa shape index (κ1) is 12.9. The maximum atomic E-state index is 10.4. The average Bonchev–Trinajstić information content (AvgIpc) is 2.03. The van der Waals surface area contributed by atoms with Crippen molar-refractivity contribution in [2.75, 3.05) is 7.11 Å². The van der Waals surface area contributed by atoms with E-state index in [9.17, 15) is 13.0 Å². The smallest absolute Gasteiger partial charge is 0.744 e. The molecule has 0 amide bonds. The van der Waals surface area contributed by atoms with Crippen molar-refractivity contribution >= 4 is 10.1 Å². The van der Waals surface area contributed by atoms with E-state index in [-0.39, 0.29) is 34.5 Å². The molecule has 0 N–H and O–H groups in total. The van der Waals surface area contributed by atoms with Gasteiger partial charge in [-0.05, 0) is 24.3 Å². The summed E-state index contributed by atoms with van der Waals surface area (Å²) in [7, 11) is -2.87. The van der Waals surface area contributed by atoms with Crippen molar-refractivity contribution in [1.82, 2.24) is 0 Å². The maximum absolute atomic E-state index is 10.4. The van der Waals surface area contributed by atoms with Crippen LogP contribution in [-0.4, -0.2) is 20.1 Å². The van der Waals surface area contributed by atoms with Gasteiger partial charge in [-0.25, -0.2) is 8.42 Å². The molecular formula is C7H7NaO4S. The third-order valence-electron chi connectivity index (χ3n) is 1.35. The molecule has 0 aliphatic carbocycles. The van der Waals surface area contributed by atoms with Crippen LogP contribution in [0.2, 0.25) is 0 Å². The summed E-state index contributed by atoms with van der Waals surface area (Å²) >= 11 is 0. The Kier molecular flexibility index (Phi) is 4.95. The molecule has 0 bridgehead atoms. The SMILES string of the molecule is COc1ccc(S(=O)(=O)[O-])cc1.[Na+]. The number of benzene rings is 1.